The highest BCUT2D eigenvalue weighted by Crippen LogP contribution is 2.26. The largest absolute Gasteiger partial charge is 0.380 e. The monoisotopic (exact) mass is 328 g/mol. The molecule has 1 aromatic heterocycles. The van der Waals surface area contributed by atoms with Crippen LogP contribution >= 0.6 is 0 Å². The van der Waals surface area contributed by atoms with Gasteiger partial charge in [-0.05, 0) is 30.9 Å². The Balaban J connectivity index is 1.52. The standard InChI is InChI=1S/C18H24N4O2/c1-24-15-9-17(18(23)21-6-2-3-7-21)22(12-15)11-13-4-5-14-10-19-20-16(14)8-13/h4-5,8,10,15,17H,2-3,6-7,9,11-12H2,1H3,(H,19,20)/t15-,17-/m0/s1. The van der Waals surface area contributed by atoms with Gasteiger partial charge in [0.05, 0.1) is 23.9 Å². The van der Waals surface area contributed by atoms with E-state index in [1.165, 1.54) is 5.56 Å². The van der Waals surface area contributed by atoms with Gasteiger partial charge in [-0.1, -0.05) is 12.1 Å². The van der Waals surface area contributed by atoms with Crippen molar-refractivity contribution in [2.45, 2.75) is 38.0 Å². The Morgan fingerprint density at radius 2 is 2.21 bits per heavy atom. The minimum Gasteiger partial charge on any atom is -0.380 e. The molecule has 1 amide bonds. The summed E-state index contributed by atoms with van der Waals surface area (Å²) >= 11 is 0. The topological polar surface area (TPSA) is 61.5 Å². The maximum absolute atomic E-state index is 12.9. The fourth-order valence-electron chi connectivity index (χ4n) is 3.93. The molecule has 2 aromatic rings. The second kappa shape index (κ2) is 6.53. The van der Waals surface area contributed by atoms with E-state index in [1.807, 2.05) is 11.1 Å². The highest BCUT2D eigenvalue weighted by molar-refractivity contribution is 5.82. The molecule has 1 N–H and O–H groups in total. The first-order valence-electron chi connectivity index (χ1n) is 8.72. The highest BCUT2D eigenvalue weighted by atomic mass is 16.5. The van der Waals surface area contributed by atoms with E-state index in [0.29, 0.717) is 0 Å². The van der Waals surface area contributed by atoms with Gasteiger partial charge in [-0.15, -0.1) is 0 Å². The number of carbonyl (C=O) groups is 1. The van der Waals surface area contributed by atoms with Gasteiger partial charge in [0.15, 0.2) is 0 Å². The molecule has 0 radical (unpaired) electrons. The van der Waals surface area contributed by atoms with Crippen LogP contribution in [0, 0.1) is 0 Å². The molecular weight excluding hydrogens is 304 g/mol. The van der Waals surface area contributed by atoms with Gasteiger partial charge in [-0.2, -0.15) is 5.10 Å². The Morgan fingerprint density at radius 1 is 1.38 bits per heavy atom. The Kier molecular flexibility index (Phi) is 4.24. The number of rotatable bonds is 4. The van der Waals surface area contributed by atoms with Crippen molar-refractivity contribution in [2.24, 2.45) is 0 Å². The predicted octanol–water partition coefficient (Wildman–Crippen LogP) is 1.77. The SMILES string of the molecule is CO[C@H]1C[C@@H](C(=O)N2CCCC2)N(Cc2ccc3cn[nH]c3c2)C1. The van der Waals surface area contributed by atoms with Crippen LogP contribution in [0.25, 0.3) is 10.9 Å². The predicted molar refractivity (Wildman–Crippen MR) is 91.5 cm³/mol. The van der Waals surface area contributed by atoms with E-state index < -0.39 is 0 Å². The number of aromatic amines is 1. The number of carbonyl (C=O) groups excluding carboxylic acids is 1. The molecule has 6 heteroatoms. The summed E-state index contributed by atoms with van der Waals surface area (Å²) in [6.45, 7) is 3.38. The summed E-state index contributed by atoms with van der Waals surface area (Å²) in [6, 6.07) is 6.26. The maximum Gasteiger partial charge on any atom is 0.240 e. The second-order valence-corrected chi connectivity index (χ2v) is 6.86. The molecule has 0 bridgehead atoms. The van der Waals surface area contributed by atoms with E-state index in [1.54, 1.807) is 7.11 Å². The highest BCUT2D eigenvalue weighted by Gasteiger charge is 2.39. The van der Waals surface area contributed by atoms with Crippen LogP contribution in [0.5, 0.6) is 0 Å². The summed E-state index contributed by atoms with van der Waals surface area (Å²) in [5.74, 6) is 0.273. The summed E-state index contributed by atoms with van der Waals surface area (Å²) < 4.78 is 5.55. The number of fused-ring (bicyclic) bond motifs is 1. The molecule has 2 aliphatic heterocycles. The fourth-order valence-corrected chi connectivity index (χ4v) is 3.93. The molecule has 0 saturated carbocycles. The van der Waals surface area contributed by atoms with Gasteiger partial charge in [-0.25, -0.2) is 0 Å². The average molecular weight is 328 g/mol. The first kappa shape index (κ1) is 15.6. The second-order valence-electron chi connectivity index (χ2n) is 6.86. The van der Waals surface area contributed by atoms with E-state index in [2.05, 4.69) is 33.3 Å². The lowest BCUT2D eigenvalue weighted by Gasteiger charge is -2.27. The van der Waals surface area contributed by atoms with Crippen LogP contribution in [-0.2, 0) is 16.1 Å². The fraction of sp³-hybridized carbons (Fsp3) is 0.556. The third kappa shape index (κ3) is 2.91. The zero-order chi connectivity index (χ0) is 16.5. The molecule has 128 valence electrons. The van der Waals surface area contributed by atoms with Crippen molar-refractivity contribution >= 4 is 16.8 Å². The maximum atomic E-state index is 12.9. The van der Waals surface area contributed by atoms with Crippen LogP contribution in [-0.4, -0.2) is 64.8 Å². The van der Waals surface area contributed by atoms with Crippen molar-refractivity contribution in [3.63, 3.8) is 0 Å². The first-order chi connectivity index (χ1) is 11.7. The van der Waals surface area contributed by atoms with Gasteiger partial charge in [0.1, 0.15) is 0 Å². The molecule has 1 aromatic carbocycles. The van der Waals surface area contributed by atoms with E-state index in [9.17, 15) is 4.79 Å². The smallest absolute Gasteiger partial charge is 0.240 e. The average Bonchev–Trinajstić information content (AvgIpc) is 3.34. The molecule has 24 heavy (non-hydrogen) atoms. The molecule has 4 rings (SSSR count). The molecule has 0 aliphatic carbocycles. The van der Waals surface area contributed by atoms with Crippen LogP contribution in [0.1, 0.15) is 24.8 Å². The third-order valence-corrected chi connectivity index (χ3v) is 5.29. The lowest BCUT2D eigenvalue weighted by atomic mass is 10.1. The third-order valence-electron chi connectivity index (χ3n) is 5.29. The van der Waals surface area contributed by atoms with E-state index in [-0.39, 0.29) is 18.1 Å². The number of likely N-dealkylation sites (tertiary alicyclic amines) is 2. The molecule has 6 nitrogen and oxygen atoms in total. The molecule has 3 heterocycles. The van der Waals surface area contributed by atoms with Crippen molar-refractivity contribution in [3.05, 3.63) is 30.0 Å². The van der Waals surface area contributed by atoms with Gasteiger partial charge < -0.3 is 9.64 Å². The molecule has 2 saturated heterocycles. The summed E-state index contributed by atoms with van der Waals surface area (Å²) in [5.41, 5.74) is 2.24. The van der Waals surface area contributed by atoms with E-state index in [4.69, 9.17) is 4.74 Å². The number of benzene rings is 1. The van der Waals surface area contributed by atoms with Crippen LogP contribution in [0.4, 0.5) is 0 Å². The molecule has 0 unspecified atom stereocenters. The lowest BCUT2D eigenvalue weighted by molar-refractivity contribution is -0.135. The van der Waals surface area contributed by atoms with Crippen LogP contribution < -0.4 is 0 Å². The van der Waals surface area contributed by atoms with Gasteiger partial charge >= 0.3 is 0 Å². The number of methoxy groups -OCH3 is 1. The zero-order valence-electron chi connectivity index (χ0n) is 14.1. The molecule has 0 spiro atoms. The Labute approximate surface area is 141 Å². The normalized spacial score (nSPS) is 25.0. The number of hydrogen-bond donors (Lipinski definition) is 1. The van der Waals surface area contributed by atoms with Crippen molar-refractivity contribution in [1.82, 2.24) is 20.0 Å². The quantitative estimate of drug-likeness (QED) is 0.929. The van der Waals surface area contributed by atoms with Crippen molar-refractivity contribution in [2.75, 3.05) is 26.7 Å². The number of H-pyrrole nitrogens is 1. The van der Waals surface area contributed by atoms with Gasteiger partial charge in [0.25, 0.3) is 0 Å². The van der Waals surface area contributed by atoms with Crippen molar-refractivity contribution < 1.29 is 9.53 Å². The van der Waals surface area contributed by atoms with Gasteiger partial charge in [0, 0.05) is 38.7 Å². The molecule has 2 aliphatic rings. The van der Waals surface area contributed by atoms with Crippen molar-refractivity contribution in [3.8, 4) is 0 Å². The van der Waals surface area contributed by atoms with Gasteiger partial charge in [-0.3, -0.25) is 14.8 Å². The molecule has 2 fully saturated rings. The summed E-state index contributed by atoms with van der Waals surface area (Å²) in [7, 11) is 1.74. The summed E-state index contributed by atoms with van der Waals surface area (Å²) in [5, 5.41) is 8.20. The Bertz CT molecular complexity index is 723. The minimum absolute atomic E-state index is 0.0643. The van der Waals surface area contributed by atoms with Crippen LogP contribution in [0.2, 0.25) is 0 Å². The first-order valence-corrected chi connectivity index (χ1v) is 8.72. The Morgan fingerprint density at radius 3 is 3.00 bits per heavy atom. The zero-order valence-corrected chi connectivity index (χ0v) is 14.1. The number of amides is 1. The number of hydrogen-bond acceptors (Lipinski definition) is 4. The number of nitrogens with one attached hydrogen (secondary N) is 1. The number of aromatic nitrogens is 2. The van der Waals surface area contributed by atoms with Crippen LogP contribution in [0.3, 0.4) is 0 Å². The molecular formula is C18H24N4O2. The number of ether oxygens (including phenoxy) is 1. The Hall–Kier alpha value is -1.92. The van der Waals surface area contributed by atoms with Crippen molar-refractivity contribution in [1.29, 1.82) is 0 Å². The number of nitrogens with zero attached hydrogens (tertiary/aromatic N) is 3. The summed E-state index contributed by atoms with van der Waals surface area (Å²) in [4.78, 5) is 17.2. The van der Waals surface area contributed by atoms with Crippen LogP contribution in [0.15, 0.2) is 24.4 Å². The van der Waals surface area contributed by atoms with E-state index in [0.717, 1.165) is 56.3 Å². The molecule has 2 atom stereocenters. The lowest BCUT2D eigenvalue weighted by Crippen LogP contribution is -2.44. The van der Waals surface area contributed by atoms with Gasteiger partial charge in [0.2, 0.25) is 5.91 Å². The van der Waals surface area contributed by atoms with E-state index >= 15 is 0 Å². The minimum atomic E-state index is -0.0643. The summed E-state index contributed by atoms with van der Waals surface area (Å²) in [6.07, 6.45) is 5.01.